The van der Waals surface area contributed by atoms with Gasteiger partial charge in [-0.2, -0.15) is 0 Å². The Hall–Kier alpha value is -2.82. The average Bonchev–Trinajstić information content (AvgIpc) is 2.50. The minimum absolute atomic E-state index is 0.0938. The second-order valence-electron chi connectivity index (χ2n) is 4.47. The second-order valence-corrected chi connectivity index (χ2v) is 4.47. The third kappa shape index (κ3) is 2.58. The summed E-state index contributed by atoms with van der Waals surface area (Å²) in [4.78, 5) is 16.1. The van der Waals surface area contributed by atoms with Crippen LogP contribution in [0.1, 0.15) is 10.5 Å². The lowest BCUT2D eigenvalue weighted by molar-refractivity contribution is 0.102. The van der Waals surface area contributed by atoms with Crippen LogP contribution in [0, 0.1) is 11.6 Å². The van der Waals surface area contributed by atoms with E-state index in [9.17, 15) is 13.6 Å². The molecule has 3 rings (SSSR count). The number of nitrogens with zero attached hydrogens (tertiary/aromatic N) is 1. The van der Waals surface area contributed by atoms with Gasteiger partial charge in [0.05, 0.1) is 0 Å². The summed E-state index contributed by atoms with van der Waals surface area (Å²) < 4.78 is 27.0. The fraction of sp³-hybridized carbons (Fsp3) is 0. The number of carbonyl (C=O) groups excluding carboxylic acids is 1. The maximum atomic E-state index is 13.5. The van der Waals surface area contributed by atoms with Crippen LogP contribution < -0.4 is 5.32 Å². The van der Waals surface area contributed by atoms with Crippen LogP contribution in [-0.2, 0) is 0 Å². The summed E-state index contributed by atoms with van der Waals surface area (Å²) in [6.45, 7) is 0. The van der Waals surface area contributed by atoms with Gasteiger partial charge in [0.15, 0.2) is 0 Å². The van der Waals surface area contributed by atoms with Crippen molar-refractivity contribution in [3.05, 3.63) is 72.1 Å². The first kappa shape index (κ1) is 13.2. The van der Waals surface area contributed by atoms with Crippen molar-refractivity contribution in [1.29, 1.82) is 0 Å². The number of pyridine rings is 1. The van der Waals surface area contributed by atoms with Crippen LogP contribution >= 0.6 is 0 Å². The van der Waals surface area contributed by atoms with Gasteiger partial charge in [0, 0.05) is 11.6 Å². The predicted octanol–water partition coefficient (Wildman–Crippen LogP) is 3.77. The van der Waals surface area contributed by atoms with Gasteiger partial charge in [0.1, 0.15) is 23.0 Å². The minimum atomic E-state index is -0.830. The Balaban J connectivity index is 1.94. The number of benzene rings is 2. The Labute approximate surface area is 119 Å². The van der Waals surface area contributed by atoms with E-state index < -0.39 is 23.2 Å². The zero-order valence-electron chi connectivity index (χ0n) is 10.8. The van der Waals surface area contributed by atoms with Crippen molar-refractivity contribution in [2.24, 2.45) is 0 Å². The van der Waals surface area contributed by atoms with Crippen LogP contribution in [-0.4, -0.2) is 10.9 Å². The van der Waals surface area contributed by atoms with Crippen molar-refractivity contribution < 1.29 is 13.6 Å². The molecule has 104 valence electrons. The molecule has 1 amide bonds. The molecule has 1 aromatic heterocycles. The third-order valence-corrected chi connectivity index (χ3v) is 3.06. The lowest BCUT2D eigenvalue weighted by atomic mass is 10.1. The third-order valence-electron chi connectivity index (χ3n) is 3.06. The van der Waals surface area contributed by atoms with Gasteiger partial charge in [-0.05, 0) is 23.6 Å². The van der Waals surface area contributed by atoms with Crippen molar-refractivity contribution in [2.75, 3.05) is 5.32 Å². The number of hydrogen-bond donors (Lipinski definition) is 1. The Bertz CT molecular complexity index is 813. The van der Waals surface area contributed by atoms with Gasteiger partial charge in [-0.15, -0.1) is 0 Å². The van der Waals surface area contributed by atoms with Crippen LogP contribution in [0.15, 0.2) is 54.7 Å². The fourth-order valence-electron chi connectivity index (χ4n) is 2.00. The maximum absolute atomic E-state index is 13.5. The minimum Gasteiger partial charge on any atom is -0.316 e. The molecule has 21 heavy (non-hydrogen) atoms. The normalized spacial score (nSPS) is 10.6. The molecule has 0 bridgehead atoms. The summed E-state index contributed by atoms with van der Waals surface area (Å²) in [5, 5.41) is 3.91. The highest BCUT2D eigenvalue weighted by atomic mass is 19.1. The average molecular weight is 284 g/mol. The molecule has 3 aromatic rings. The molecule has 0 saturated heterocycles. The van der Waals surface area contributed by atoms with Crippen LogP contribution in [0.25, 0.3) is 10.8 Å². The van der Waals surface area contributed by atoms with Gasteiger partial charge in [0.2, 0.25) is 0 Å². The van der Waals surface area contributed by atoms with Gasteiger partial charge in [-0.25, -0.2) is 8.78 Å². The van der Waals surface area contributed by atoms with Crippen molar-refractivity contribution in [3.8, 4) is 0 Å². The first-order chi connectivity index (χ1) is 10.1. The van der Waals surface area contributed by atoms with Crippen molar-refractivity contribution in [1.82, 2.24) is 4.98 Å². The van der Waals surface area contributed by atoms with E-state index in [1.807, 2.05) is 24.3 Å². The first-order valence-corrected chi connectivity index (χ1v) is 6.25. The highest BCUT2D eigenvalue weighted by Gasteiger charge is 2.14. The number of hydrogen-bond acceptors (Lipinski definition) is 2. The van der Waals surface area contributed by atoms with Crippen LogP contribution in [0.5, 0.6) is 0 Å². The summed E-state index contributed by atoms with van der Waals surface area (Å²) in [5.41, 5.74) is -0.381. The van der Waals surface area contributed by atoms with Crippen LogP contribution in [0.3, 0.4) is 0 Å². The molecule has 0 atom stereocenters. The molecule has 0 fully saturated rings. The van der Waals surface area contributed by atoms with Crippen molar-refractivity contribution in [2.45, 2.75) is 0 Å². The summed E-state index contributed by atoms with van der Waals surface area (Å²) in [6, 6.07) is 12.3. The Morgan fingerprint density at radius 2 is 1.62 bits per heavy atom. The van der Waals surface area contributed by atoms with Gasteiger partial charge in [-0.1, -0.05) is 30.3 Å². The van der Waals surface area contributed by atoms with Gasteiger partial charge in [0.25, 0.3) is 5.91 Å². The molecule has 5 heteroatoms. The number of nitrogens with one attached hydrogen (secondary N) is 1. The number of carbonyl (C=O) groups is 1. The lowest BCUT2D eigenvalue weighted by Gasteiger charge is -2.07. The number of aromatic nitrogens is 1. The number of para-hydroxylation sites is 1. The second kappa shape index (κ2) is 5.28. The summed E-state index contributed by atoms with van der Waals surface area (Å²) >= 11 is 0. The van der Waals surface area contributed by atoms with Crippen LogP contribution in [0.4, 0.5) is 14.5 Å². The molecule has 0 unspecified atom stereocenters. The zero-order valence-corrected chi connectivity index (χ0v) is 10.8. The molecule has 0 spiro atoms. The number of halogens is 2. The van der Waals surface area contributed by atoms with E-state index in [4.69, 9.17) is 0 Å². The maximum Gasteiger partial charge on any atom is 0.274 e. The monoisotopic (exact) mass is 284 g/mol. The number of fused-ring (bicyclic) bond motifs is 1. The van der Waals surface area contributed by atoms with Gasteiger partial charge in [-0.3, -0.25) is 9.78 Å². The topological polar surface area (TPSA) is 42.0 Å². The van der Waals surface area contributed by atoms with Gasteiger partial charge >= 0.3 is 0 Å². The largest absolute Gasteiger partial charge is 0.316 e. The summed E-state index contributed by atoms with van der Waals surface area (Å²) in [7, 11) is 0. The summed E-state index contributed by atoms with van der Waals surface area (Å²) in [6.07, 6.45) is 1.54. The Morgan fingerprint density at radius 1 is 0.952 bits per heavy atom. The molecule has 0 aliphatic carbocycles. The molecule has 0 saturated carbocycles. The smallest absolute Gasteiger partial charge is 0.274 e. The van der Waals surface area contributed by atoms with E-state index in [1.54, 1.807) is 12.3 Å². The van der Waals surface area contributed by atoms with E-state index >= 15 is 0 Å². The quantitative estimate of drug-likeness (QED) is 0.778. The van der Waals surface area contributed by atoms with Crippen molar-refractivity contribution >= 4 is 22.4 Å². The molecule has 2 aromatic carbocycles. The molecule has 1 heterocycles. The molecule has 0 aliphatic rings. The van der Waals surface area contributed by atoms with E-state index in [1.165, 1.54) is 6.07 Å². The predicted molar refractivity (Wildman–Crippen MR) is 76.1 cm³/mol. The lowest BCUT2D eigenvalue weighted by Crippen LogP contribution is -2.15. The Kier molecular flexibility index (Phi) is 3.31. The van der Waals surface area contributed by atoms with Crippen molar-refractivity contribution in [3.63, 3.8) is 0 Å². The molecular weight excluding hydrogens is 274 g/mol. The SMILES string of the molecule is O=C(Nc1c(F)cccc1F)c1cc2ccccc2cn1. The van der Waals surface area contributed by atoms with Crippen LogP contribution in [0.2, 0.25) is 0 Å². The number of rotatable bonds is 2. The van der Waals surface area contributed by atoms with E-state index in [0.717, 1.165) is 22.9 Å². The van der Waals surface area contributed by atoms with E-state index in [-0.39, 0.29) is 5.69 Å². The number of anilines is 1. The molecule has 0 radical (unpaired) electrons. The Morgan fingerprint density at radius 3 is 2.33 bits per heavy atom. The van der Waals surface area contributed by atoms with E-state index in [0.29, 0.717) is 0 Å². The molecule has 0 aliphatic heterocycles. The first-order valence-electron chi connectivity index (χ1n) is 6.25. The standard InChI is InChI=1S/C16H10F2N2O/c17-12-6-3-7-13(18)15(12)20-16(21)14-8-10-4-1-2-5-11(10)9-19-14/h1-9H,(H,20,21). The highest BCUT2D eigenvalue weighted by Crippen LogP contribution is 2.19. The summed E-state index contributed by atoms with van der Waals surface area (Å²) in [5.74, 6) is -2.32. The zero-order chi connectivity index (χ0) is 14.8. The van der Waals surface area contributed by atoms with Gasteiger partial charge < -0.3 is 5.32 Å². The highest BCUT2D eigenvalue weighted by molar-refractivity contribution is 6.04. The molecular formula is C16H10F2N2O. The molecule has 3 nitrogen and oxygen atoms in total. The van der Waals surface area contributed by atoms with E-state index in [2.05, 4.69) is 10.3 Å². The number of amides is 1. The fourth-order valence-corrected chi connectivity index (χ4v) is 2.00. The molecule has 1 N–H and O–H groups in total.